The Hall–Kier alpha value is -1.79. The van der Waals surface area contributed by atoms with Gasteiger partial charge in [0, 0.05) is 17.1 Å². The van der Waals surface area contributed by atoms with Gasteiger partial charge in [0.15, 0.2) is 0 Å². The molecule has 6 heteroatoms. The number of nitrogens with one attached hydrogen (secondary N) is 2. The number of fused-ring (bicyclic) bond motifs is 5. The van der Waals surface area contributed by atoms with E-state index >= 15 is 0 Å². The quantitative estimate of drug-likeness (QED) is 0.759. The highest BCUT2D eigenvalue weighted by Gasteiger charge is 2.41. The predicted octanol–water partition coefficient (Wildman–Crippen LogP) is 2.94. The van der Waals surface area contributed by atoms with Crippen LogP contribution in [-0.4, -0.2) is 22.0 Å². The third kappa shape index (κ3) is 1.91. The van der Waals surface area contributed by atoms with Crippen LogP contribution >= 0.6 is 11.3 Å². The van der Waals surface area contributed by atoms with Crippen LogP contribution < -0.4 is 10.9 Å². The number of pyridine rings is 1. The zero-order chi connectivity index (χ0) is 16.4. The Morgan fingerprint density at radius 3 is 2.96 bits per heavy atom. The van der Waals surface area contributed by atoms with Crippen LogP contribution in [0.5, 0.6) is 0 Å². The van der Waals surface area contributed by atoms with Gasteiger partial charge in [0.05, 0.1) is 11.8 Å². The Kier molecular flexibility index (Phi) is 3.12. The highest BCUT2D eigenvalue weighted by molar-refractivity contribution is 7.25. The molecule has 0 saturated carbocycles. The Morgan fingerprint density at radius 1 is 1.48 bits per heavy atom. The van der Waals surface area contributed by atoms with Gasteiger partial charge in [0.1, 0.15) is 9.53 Å². The molecule has 5 nitrogen and oxygen atoms in total. The molecule has 3 aromatic rings. The van der Waals surface area contributed by atoms with Crippen LogP contribution in [0.2, 0.25) is 0 Å². The van der Waals surface area contributed by atoms with Gasteiger partial charge in [-0.25, -0.2) is 9.97 Å². The topological polar surface area (TPSA) is 70.7 Å². The van der Waals surface area contributed by atoms with Crippen molar-refractivity contribution in [2.45, 2.75) is 39.7 Å². The molecule has 2 N–H and O–H groups in total. The molecule has 3 aromatic heterocycles. The zero-order valence-electron chi connectivity index (χ0n) is 13.8. The lowest BCUT2D eigenvalue weighted by Crippen LogP contribution is -2.28. The van der Waals surface area contributed by atoms with Crippen molar-refractivity contribution in [2.75, 3.05) is 7.05 Å². The minimum absolute atomic E-state index is 0.0805. The van der Waals surface area contributed by atoms with Gasteiger partial charge in [-0.3, -0.25) is 4.79 Å². The van der Waals surface area contributed by atoms with E-state index in [1.54, 1.807) is 0 Å². The fourth-order valence-corrected chi connectivity index (χ4v) is 5.08. The van der Waals surface area contributed by atoms with Gasteiger partial charge in [-0.1, -0.05) is 20.8 Å². The molecule has 0 amide bonds. The molecule has 0 fully saturated rings. The van der Waals surface area contributed by atoms with Crippen molar-refractivity contribution in [1.82, 2.24) is 20.3 Å². The van der Waals surface area contributed by atoms with Gasteiger partial charge in [-0.05, 0) is 36.4 Å². The summed E-state index contributed by atoms with van der Waals surface area (Å²) >= 11 is 1.45. The third-order valence-electron chi connectivity index (χ3n) is 4.97. The normalized spacial score (nSPS) is 19.6. The molecular weight excluding hydrogens is 308 g/mol. The summed E-state index contributed by atoms with van der Waals surface area (Å²) in [5.41, 5.74) is 4.61. The Morgan fingerprint density at radius 2 is 2.26 bits per heavy atom. The highest BCUT2D eigenvalue weighted by atomic mass is 32.1. The maximum atomic E-state index is 12.2. The molecule has 120 valence electrons. The van der Waals surface area contributed by atoms with Crippen molar-refractivity contribution < 1.29 is 0 Å². The molecule has 0 radical (unpaired) electrons. The number of aromatic nitrogens is 3. The average Bonchev–Trinajstić information content (AvgIpc) is 3.00. The first kappa shape index (κ1) is 14.8. The molecule has 0 aliphatic heterocycles. The number of aromatic amines is 1. The molecule has 1 aliphatic rings. The van der Waals surface area contributed by atoms with Crippen molar-refractivity contribution in [3.8, 4) is 0 Å². The number of hydrogen-bond acceptors (Lipinski definition) is 5. The van der Waals surface area contributed by atoms with Crippen LogP contribution in [0.25, 0.3) is 20.4 Å². The molecule has 23 heavy (non-hydrogen) atoms. The maximum Gasteiger partial charge on any atom is 0.268 e. The summed E-state index contributed by atoms with van der Waals surface area (Å²) < 4.78 is 0.671. The van der Waals surface area contributed by atoms with Crippen LogP contribution in [-0.2, 0) is 12.8 Å². The summed E-state index contributed by atoms with van der Waals surface area (Å²) in [6.07, 6.45) is 3.40. The van der Waals surface area contributed by atoms with Gasteiger partial charge in [-0.15, -0.1) is 11.3 Å². The average molecular weight is 328 g/mol. The van der Waals surface area contributed by atoms with Crippen molar-refractivity contribution >= 4 is 31.8 Å². The SMILES string of the molecule is CCc1nc2sc3c(=O)[nH]cnc3c2c2c1CC(C)(C)C2NC. The smallest absolute Gasteiger partial charge is 0.268 e. The number of thiophene rings is 1. The van der Waals surface area contributed by atoms with Crippen LogP contribution in [0.3, 0.4) is 0 Å². The lowest BCUT2D eigenvalue weighted by molar-refractivity contribution is 0.283. The standard InChI is InChI=1S/C17H20N4OS/c1-5-9-8-6-17(2,3)14(18-4)10(8)11-12-13(23-16(11)21-9)15(22)20-7-19-12/h7,14,18H,5-6H2,1-4H3,(H,19,20,22). The second-order valence-electron chi connectivity index (χ2n) is 6.88. The molecule has 1 aliphatic carbocycles. The fraction of sp³-hybridized carbons (Fsp3) is 0.471. The van der Waals surface area contributed by atoms with Gasteiger partial charge in [-0.2, -0.15) is 0 Å². The van der Waals surface area contributed by atoms with E-state index in [1.807, 2.05) is 7.05 Å². The Bertz CT molecular complexity index is 986. The van der Waals surface area contributed by atoms with Gasteiger partial charge in [0.25, 0.3) is 5.56 Å². The van der Waals surface area contributed by atoms with Crippen molar-refractivity contribution in [3.63, 3.8) is 0 Å². The van der Waals surface area contributed by atoms with Crippen molar-refractivity contribution in [3.05, 3.63) is 33.5 Å². The first-order valence-corrected chi connectivity index (χ1v) is 8.78. The fourth-order valence-electron chi connectivity index (χ4n) is 4.02. The maximum absolute atomic E-state index is 12.2. The number of H-pyrrole nitrogens is 1. The largest absolute Gasteiger partial charge is 0.313 e. The molecule has 0 aromatic carbocycles. The molecular formula is C17H20N4OS. The number of nitrogens with zero attached hydrogens (tertiary/aromatic N) is 2. The van der Waals surface area contributed by atoms with Crippen LogP contribution in [0, 0.1) is 5.41 Å². The van der Waals surface area contributed by atoms with E-state index in [2.05, 4.69) is 36.1 Å². The van der Waals surface area contributed by atoms with E-state index in [9.17, 15) is 4.79 Å². The van der Waals surface area contributed by atoms with E-state index < -0.39 is 0 Å². The van der Waals surface area contributed by atoms with Crippen LogP contribution in [0.1, 0.15) is 43.6 Å². The Labute approximate surface area is 138 Å². The van der Waals surface area contributed by atoms with Crippen molar-refractivity contribution in [1.29, 1.82) is 0 Å². The summed E-state index contributed by atoms with van der Waals surface area (Å²) in [6.45, 7) is 6.72. The molecule has 3 heterocycles. The summed E-state index contributed by atoms with van der Waals surface area (Å²) in [6, 6.07) is 0.243. The number of rotatable bonds is 2. The Balaban J connectivity index is 2.21. The molecule has 0 bridgehead atoms. The van der Waals surface area contributed by atoms with Crippen LogP contribution in [0.15, 0.2) is 11.1 Å². The van der Waals surface area contributed by atoms with Gasteiger partial charge in [0.2, 0.25) is 0 Å². The second kappa shape index (κ2) is 4.85. The molecule has 1 atom stereocenters. The minimum atomic E-state index is -0.0805. The lowest BCUT2D eigenvalue weighted by Gasteiger charge is -2.27. The summed E-state index contributed by atoms with van der Waals surface area (Å²) in [5, 5.41) is 4.55. The number of aryl methyl sites for hydroxylation is 1. The zero-order valence-corrected chi connectivity index (χ0v) is 14.6. The van der Waals surface area contributed by atoms with Gasteiger partial charge < -0.3 is 10.3 Å². The molecule has 0 spiro atoms. The summed E-state index contributed by atoms with van der Waals surface area (Å²) in [5.74, 6) is 0. The monoisotopic (exact) mass is 328 g/mol. The molecule has 0 saturated heterocycles. The predicted molar refractivity (Wildman–Crippen MR) is 94.2 cm³/mol. The molecule has 1 unspecified atom stereocenters. The summed E-state index contributed by atoms with van der Waals surface area (Å²) in [4.78, 5) is 25.1. The van der Waals surface area contributed by atoms with Crippen LogP contribution in [0.4, 0.5) is 0 Å². The highest BCUT2D eigenvalue weighted by Crippen LogP contribution is 2.50. The van der Waals surface area contributed by atoms with E-state index in [-0.39, 0.29) is 17.0 Å². The molecule has 4 rings (SSSR count). The van der Waals surface area contributed by atoms with Gasteiger partial charge >= 0.3 is 0 Å². The third-order valence-corrected chi connectivity index (χ3v) is 6.04. The van der Waals surface area contributed by atoms with E-state index in [4.69, 9.17) is 4.98 Å². The first-order chi connectivity index (χ1) is 11.0. The van der Waals surface area contributed by atoms with E-state index in [0.717, 1.165) is 34.3 Å². The van der Waals surface area contributed by atoms with Crippen molar-refractivity contribution in [2.24, 2.45) is 5.41 Å². The first-order valence-electron chi connectivity index (χ1n) is 7.96. The van der Waals surface area contributed by atoms with E-state index in [0.29, 0.717) is 4.70 Å². The summed E-state index contributed by atoms with van der Waals surface area (Å²) in [7, 11) is 2.01. The number of hydrogen-bond donors (Lipinski definition) is 2. The van der Waals surface area contributed by atoms with E-state index in [1.165, 1.54) is 28.8 Å². The lowest BCUT2D eigenvalue weighted by atomic mass is 9.85. The minimum Gasteiger partial charge on any atom is -0.313 e. The second-order valence-corrected chi connectivity index (χ2v) is 7.88.